The van der Waals surface area contributed by atoms with Crippen LogP contribution in [0.15, 0.2) is 78.9 Å². The Kier molecular flexibility index (Phi) is 6.22. The van der Waals surface area contributed by atoms with Crippen LogP contribution in [0.3, 0.4) is 0 Å². The molecule has 0 radical (unpaired) electrons. The number of carbonyl (C=O) groups is 2. The summed E-state index contributed by atoms with van der Waals surface area (Å²) in [7, 11) is 0. The summed E-state index contributed by atoms with van der Waals surface area (Å²) in [5.74, 6) is 0.125. The Morgan fingerprint density at radius 3 is 2.18 bits per heavy atom. The molecule has 0 saturated heterocycles. The molecule has 0 fully saturated rings. The summed E-state index contributed by atoms with van der Waals surface area (Å²) < 4.78 is 0. The van der Waals surface area contributed by atoms with Gasteiger partial charge in [0.1, 0.15) is 0 Å². The smallest absolute Gasteiger partial charge is 0.255 e. The Morgan fingerprint density at radius 1 is 0.786 bits per heavy atom. The van der Waals surface area contributed by atoms with Gasteiger partial charge < -0.3 is 10.6 Å². The van der Waals surface area contributed by atoms with Gasteiger partial charge in [-0.1, -0.05) is 56.3 Å². The lowest BCUT2D eigenvalue weighted by Gasteiger charge is -2.09. The second kappa shape index (κ2) is 9.00. The van der Waals surface area contributed by atoms with Gasteiger partial charge in [0.25, 0.3) is 11.8 Å². The van der Waals surface area contributed by atoms with Crippen molar-refractivity contribution >= 4 is 17.5 Å². The van der Waals surface area contributed by atoms with Crippen LogP contribution in [0.4, 0.5) is 5.69 Å². The molecule has 0 unspecified atom stereocenters. The van der Waals surface area contributed by atoms with Gasteiger partial charge in [0.2, 0.25) is 0 Å². The summed E-state index contributed by atoms with van der Waals surface area (Å²) in [5, 5.41) is 5.77. The van der Waals surface area contributed by atoms with Gasteiger partial charge in [-0.3, -0.25) is 9.59 Å². The molecule has 0 aliphatic carbocycles. The van der Waals surface area contributed by atoms with E-state index >= 15 is 0 Å². The van der Waals surface area contributed by atoms with Crippen LogP contribution >= 0.6 is 0 Å². The standard InChI is InChI=1S/C24H24N2O2/c1-17(2)19-11-13-20(14-12-19)23(27)25-16-18-7-6-8-21(15-18)24(28)26-22-9-4-3-5-10-22/h3-15,17H,16H2,1-2H3,(H,25,27)(H,26,28). The second-order valence-corrected chi connectivity index (χ2v) is 6.98. The summed E-state index contributed by atoms with van der Waals surface area (Å²) in [6.45, 7) is 4.60. The van der Waals surface area contributed by atoms with E-state index in [2.05, 4.69) is 24.5 Å². The second-order valence-electron chi connectivity index (χ2n) is 6.98. The van der Waals surface area contributed by atoms with E-state index in [0.717, 1.165) is 11.3 Å². The van der Waals surface area contributed by atoms with E-state index in [1.807, 2.05) is 66.7 Å². The van der Waals surface area contributed by atoms with Crippen LogP contribution in [0.2, 0.25) is 0 Å². The van der Waals surface area contributed by atoms with Crippen molar-refractivity contribution in [3.05, 3.63) is 101 Å². The summed E-state index contributed by atoms with van der Waals surface area (Å²) in [4.78, 5) is 24.8. The van der Waals surface area contributed by atoms with Crippen molar-refractivity contribution in [2.24, 2.45) is 0 Å². The van der Waals surface area contributed by atoms with E-state index in [4.69, 9.17) is 0 Å². The zero-order chi connectivity index (χ0) is 19.9. The number of carbonyl (C=O) groups excluding carboxylic acids is 2. The highest BCUT2D eigenvalue weighted by Gasteiger charge is 2.09. The molecule has 0 aliphatic rings. The van der Waals surface area contributed by atoms with Crippen molar-refractivity contribution in [2.75, 3.05) is 5.32 Å². The molecule has 0 bridgehead atoms. The fourth-order valence-electron chi connectivity index (χ4n) is 2.85. The van der Waals surface area contributed by atoms with Crippen LogP contribution in [0.25, 0.3) is 0 Å². The number of amides is 2. The van der Waals surface area contributed by atoms with Gasteiger partial charge >= 0.3 is 0 Å². The van der Waals surface area contributed by atoms with Gasteiger partial charge in [0.05, 0.1) is 0 Å². The van der Waals surface area contributed by atoms with Crippen molar-refractivity contribution in [3.63, 3.8) is 0 Å². The van der Waals surface area contributed by atoms with Crippen molar-refractivity contribution in [1.82, 2.24) is 5.32 Å². The van der Waals surface area contributed by atoms with Gasteiger partial charge in [-0.05, 0) is 53.4 Å². The Balaban J connectivity index is 1.61. The molecule has 0 heterocycles. The van der Waals surface area contributed by atoms with Crippen molar-refractivity contribution in [3.8, 4) is 0 Å². The molecule has 0 aliphatic heterocycles. The van der Waals surface area contributed by atoms with E-state index in [9.17, 15) is 9.59 Å². The number of benzene rings is 3. The van der Waals surface area contributed by atoms with E-state index in [0.29, 0.717) is 23.6 Å². The first-order valence-electron chi connectivity index (χ1n) is 9.36. The highest BCUT2D eigenvalue weighted by molar-refractivity contribution is 6.04. The first kappa shape index (κ1) is 19.4. The molecule has 2 amide bonds. The minimum absolute atomic E-state index is 0.130. The predicted octanol–water partition coefficient (Wildman–Crippen LogP) is 4.99. The zero-order valence-corrected chi connectivity index (χ0v) is 16.1. The van der Waals surface area contributed by atoms with E-state index in [1.54, 1.807) is 12.1 Å². The maximum atomic E-state index is 12.4. The van der Waals surface area contributed by atoms with E-state index < -0.39 is 0 Å². The van der Waals surface area contributed by atoms with Crippen molar-refractivity contribution in [1.29, 1.82) is 0 Å². The predicted molar refractivity (Wildman–Crippen MR) is 113 cm³/mol. The first-order valence-corrected chi connectivity index (χ1v) is 9.36. The molecule has 3 rings (SSSR count). The van der Waals surface area contributed by atoms with Crippen LogP contribution in [-0.4, -0.2) is 11.8 Å². The maximum absolute atomic E-state index is 12.4. The monoisotopic (exact) mass is 372 g/mol. The number of anilines is 1. The van der Waals surface area contributed by atoms with E-state index in [-0.39, 0.29) is 11.8 Å². The van der Waals surface area contributed by atoms with Gasteiger partial charge in [0.15, 0.2) is 0 Å². The number of hydrogen-bond donors (Lipinski definition) is 2. The molecule has 28 heavy (non-hydrogen) atoms. The minimum atomic E-state index is -0.177. The third kappa shape index (κ3) is 5.07. The Hall–Kier alpha value is -3.40. The molecule has 3 aromatic carbocycles. The number of nitrogens with one attached hydrogen (secondary N) is 2. The molecule has 2 N–H and O–H groups in total. The Morgan fingerprint density at radius 2 is 1.50 bits per heavy atom. The molecule has 4 nitrogen and oxygen atoms in total. The van der Waals surface area contributed by atoms with Crippen molar-refractivity contribution in [2.45, 2.75) is 26.3 Å². The maximum Gasteiger partial charge on any atom is 0.255 e. The molecule has 0 aromatic heterocycles. The van der Waals surface area contributed by atoms with Crippen LogP contribution in [0.5, 0.6) is 0 Å². The van der Waals surface area contributed by atoms with Crippen molar-refractivity contribution < 1.29 is 9.59 Å². The lowest BCUT2D eigenvalue weighted by molar-refractivity contribution is 0.0950. The molecule has 0 atom stereocenters. The molecule has 142 valence electrons. The summed E-state index contributed by atoms with van der Waals surface area (Å²) in [5.41, 5.74) is 4.00. The van der Waals surface area contributed by atoms with Gasteiger partial charge in [-0.15, -0.1) is 0 Å². The van der Waals surface area contributed by atoms with Crippen LogP contribution in [-0.2, 0) is 6.54 Å². The fraction of sp³-hybridized carbons (Fsp3) is 0.167. The summed E-state index contributed by atoms with van der Waals surface area (Å²) >= 11 is 0. The van der Waals surface area contributed by atoms with Gasteiger partial charge in [-0.2, -0.15) is 0 Å². The number of rotatable bonds is 6. The highest BCUT2D eigenvalue weighted by atomic mass is 16.2. The number of hydrogen-bond acceptors (Lipinski definition) is 2. The normalized spacial score (nSPS) is 10.5. The third-order valence-electron chi connectivity index (χ3n) is 4.51. The van der Waals surface area contributed by atoms with Gasteiger partial charge in [-0.25, -0.2) is 0 Å². The average molecular weight is 372 g/mol. The van der Waals surface area contributed by atoms with E-state index in [1.165, 1.54) is 5.56 Å². The SMILES string of the molecule is CC(C)c1ccc(C(=O)NCc2cccc(C(=O)Nc3ccccc3)c2)cc1. The fourth-order valence-corrected chi connectivity index (χ4v) is 2.85. The summed E-state index contributed by atoms with van der Waals surface area (Å²) in [6, 6.07) is 24.2. The number of para-hydroxylation sites is 1. The summed E-state index contributed by atoms with van der Waals surface area (Å²) in [6.07, 6.45) is 0. The molecular formula is C24H24N2O2. The highest BCUT2D eigenvalue weighted by Crippen LogP contribution is 2.15. The molecule has 0 saturated carbocycles. The lowest BCUT2D eigenvalue weighted by Crippen LogP contribution is -2.23. The lowest BCUT2D eigenvalue weighted by atomic mass is 10.0. The van der Waals surface area contributed by atoms with Crippen LogP contribution < -0.4 is 10.6 Å². The molecule has 0 spiro atoms. The van der Waals surface area contributed by atoms with Gasteiger partial charge in [0, 0.05) is 23.4 Å². The quantitative estimate of drug-likeness (QED) is 0.640. The molecular weight excluding hydrogens is 348 g/mol. The topological polar surface area (TPSA) is 58.2 Å². The Bertz CT molecular complexity index is 948. The third-order valence-corrected chi connectivity index (χ3v) is 4.51. The first-order chi connectivity index (χ1) is 13.5. The average Bonchev–Trinajstić information content (AvgIpc) is 2.73. The van der Waals surface area contributed by atoms with Crippen LogP contribution in [0.1, 0.15) is 51.6 Å². The Labute approximate surface area is 165 Å². The zero-order valence-electron chi connectivity index (χ0n) is 16.1. The minimum Gasteiger partial charge on any atom is -0.348 e. The molecule has 3 aromatic rings. The van der Waals surface area contributed by atoms with Crippen LogP contribution in [0, 0.1) is 0 Å². The largest absolute Gasteiger partial charge is 0.348 e. The molecule has 4 heteroatoms.